The van der Waals surface area contributed by atoms with E-state index in [-0.39, 0.29) is 23.3 Å². The summed E-state index contributed by atoms with van der Waals surface area (Å²) in [6.07, 6.45) is 5.86. The van der Waals surface area contributed by atoms with Crippen LogP contribution in [0.1, 0.15) is 61.4 Å². The molecule has 0 N–H and O–H groups in total. The Kier molecular flexibility index (Phi) is 5.84. The molecule has 1 fully saturated rings. The molecule has 6 nitrogen and oxygen atoms in total. The highest BCUT2D eigenvalue weighted by Crippen LogP contribution is 2.46. The maximum absolute atomic E-state index is 12.9. The van der Waals surface area contributed by atoms with Crippen molar-refractivity contribution in [3.8, 4) is 5.75 Å². The van der Waals surface area contributed by atoms with Crippen molar-refractivity contribution in [2.75, 3.05) is 26.2 Å². The van der Waals surface area contributed by atoms with Crippen molar-refractivity contribution in [3.63, 3.8) is 0 Å². The molecule has 1 spiro atoms. The first-order valence-corrected chi connectivity index (χ1v) is 10.9. The van der Waals surface area contributed by atoms with Crippen LogP contribution in [0.4, 0.5) is 0 Å². The van der Waals surface area contributed by atoms with E-state index in [1.165, 1.54) is 12.5 Å². The number of likely N-dealkylation sites (tertiary alicyclic amines) is 1. The monoisotopic (exact) mass is 410 g/mol. The number of piperidine rings is 1. The fourth-order valence-corrected chi connectivity index (χ4v) is 4.84. The fraction of sp³-hybridized carbons (Fsp3) is 0.500. The van der Waals surface area contributed by atoms with E-state index in [4.69, 9.17) is 9.15 Å². The molecule has 0 unspecified atom stereocenters. The number of carbonyl (C=O) groups excluding carboxylic acids is 2. The van der Waals surface area contributed by atoms with E-state index in [1.807, 2.05) is 41.8 Å². The first kappa shape index (κ1) is 20.5. The number of ether oxygens (including phenoxy) is 1. The van der Waals surface area contributed by atoms with Gasteiger partial charge < -0.3 is 19.0 Å². The fourth-order valence-electron chi connectivity index (χ4n) is 4.84. The number of benzene rings is 1. The van der Waals surface area contributed by atoms with Crippen LogP contribution in [0.25, 0.3) is 0 Å². The molecule has 3 heterocycles. The lowest BCUT2D eigenvalue weighted by atomic mass is 9.76. The van der Waals surface area contributed by atoms with Crippen molar-refractivity contribution in [1.29, 1.82) is 0 Å². The van der Waals surface area contributed by atoms with Crippen LogP contribution in [0.15, 0.2) is 47.3 Å². The van der Waals surface area contributed by atoms with E-state index in [0.29, 0.717) is 25.1 Å². The van der Waals surface area contributed by atoms with Gasteiger partial charge in [0.05, 0.1) is 11.8 Å². The quantitative estimate of drug-likeness (QED) is 0.745. The second-order valence-electron chi connectivity index (χ2n) is 8.30. The first-order chi connectivity index (χ1) is 14.5. The third kappa shape index (κ3) is 3.95. The normalized spacial score (nSPS) is 19.8. The predicted octanol–water partition coefficient (Wildman–Crippen LogP) is 4.08. The molecule has 2 aliphatic rings. The Bertz CT molecular complexity index is 880. The number of rotatable bonds is 5. The van der Waals surface area contributed by atoms with Crippen LogP contribution in [0.5, 0.6) is 5.75 Å². The molecule has 2 aliphatic heterocycles. The highest BCUT2D eigenvalue weighted by molar-refractivity contribution is 5.93. The number of carbonyl (C=O) groups is 2. The average molecular weight is 411 g/mol. The topological polar surface area (TPSA) is 63.0 Å². The van der Waals surface area contributed by atoms with Crippen LogP contribution in [0, 0.1) is 0 Å². The molecule has 1 aromatic carbocycles. The summed E-state index contributed by atoms with van der Waals surface area (Å²) >= 11 is 0. The van der Waals surface area contributed by atoms with E-state index in [9.17, 15) is 9.59 Å². The van der Waals surface area contributed by atoms with E-state index in [0.717, 1.165) is 43.7 Å². The van der Waals surface area contributed by atoms with Crippen molar-refractivity contribution in [2.24, 2.45) is 0 Å². The zero-order chi connectivity index (χ0) is 21.1. The Labute approximate surface area is 177 Å². The first-order valence-electron chi connectivity index (χ1n) is 10.9. The lowest BCUT2D eigenvalue weighted by Gasteiger charge is -2.47. The van der Waals surface area contributed by atoms with Crippen LogP contribution in [0.2, 0.25) is 0 Å². The van der Waals surface area contributed by atoms with Gasteiger partial charge in [0, 0.05) is 51.4 Å². The van der Waals surface area contributed by atoms with Crippen LogP contribution in [0.3, 0.4) is 0 Å². The van der Waals surface area contributed by atoms with Crippen molar-refractivity contribution >= 4 is 11.8 Å². The average Bonchev–Trinajstić information content (AvgIpc) is 3.30. The maximum Gasteiger partial charge on any atom is 0.257 e. The number of hydrogen-bond acceptors (Lipinski definition) is 4. The Balaban J connectivity index is 1.50. The number of amides is 2. The van der Waals surface area contributed by atoms with Gasteiger partial charge in [-0.25, -0.2) is 0 Å². The number of para-hydroxylation sites is 1. The molecule has 1 atom stereocenters. The van der Waals surface area contributed by atoms with Gasteiger partial charge in [-0.1, -0.05) is 18.2 Å². The van der Waals surface area contributed by atoms with E-state index >= 15 is 0 Å². The van der Waals surface area contributed by atoms with Gasteiger partial charge in [-0.2, -0.15) is 0 Å². The van der Waals surface area contributed by atoms with Crippen LogP contribution in [-0.2, 0) is 4.79 Å². The molecule has 160 valence electrons. The summed E-state index contributed by atoms with van der Waals surface area (Å²) < 4.78 is 11.6. The molecule has 2 amide bonds. The maximum atomic E-state index is 12.9. The number of nitrogens with zero attached hydrogens (tertiary/aromatic N) is 2. The zero-order valence-electron chi connectivity index (χ0n) is 17.8. The molecule has 2 aromatic rings. The lowest BCUT2D eigenvalue weighted by Crippen LogP contribution is -2.52. The molecule has 4 rings (SSSR count). The molecule has 0 bridgehead atoms. The Morgan fingerprint density at radius 1 is 1.13 bits per heavy atom. The predicted molar refractivity (Wildman–Crippen MR) is 114 cm³/mol. The minimum atomic E-state index is -0.324. The van der Waals surface area contributed by atoms with Gasteiger partial charge in [0.25, 0.3) is 5.91 Å². The van der Waals surface area contributed by atoms with Gasteiger partial charge in [-0.15, -0.1) is 0 Å². The Morgan fingerprint density at radius 2 is 1.87 bits per heavy atom. The zero-order valence-corrected chi connectivity index (χ0v) is 17.8. The van der Waals surface area contributed by atoms with E-state index in [1.54, 1.807) is 6.07 Å². The van der Waals surface area contributed by atoms with Crippen molar-refractivity contribution in [2.45, 2.75) is 51.0 Å². The minimum absolute atomic E-state index is 0.00284. The van der Waals surface area contributed by atoms with Gasteiger partial charge in [-0.05, 0) is 38.0 Å². The van der Waals surface area contributed by atoms with Gasteiger partial charge in [0.2, 0.25) is 5.91 Å². The van der Waals surface area contributed by atoms with Gasteiger partial charge in [-0.3, -0.25) is 9.59 Å². The highest BCUT2D eigenvalue weighted by Gasteiger charge is 2.44. The number of fused-ring (bicyclic) bond motifs is 1. The molecular formula is C24H30N2O4. The van der Waals surface area contributed by atoms with Gasteiger partial charge >= 0.3 is 0 Å². The summed E-state index contributed by atoms with van der Waals surface area (Å²) in [4.78, 5) is 29.3. The second kappa shape index (κ2) is 8.54. The van der Waals surface area contributed by atoms with Crippen molar-refractivity contribution in [1.82, 2.24) is 9.80 Å². The van der Waals surface area contributed by atoms with Crippen LogP contribution in [-0.4, -0.2) is 53.4 Å². The molecule has 30 heavy (non-hydrogen) atoms. The molecule has 1 aromatic heterocycles. The number of furan rings is 1. The lowest BCUT2D eigenvalue weighted by molar-refractivity contribution is -0.131. The standard InChI is InChI=1S/C24H30N2O4/c1-3-25(4-2)22(27)15-19-16-24(30-21-8-6-5-7-20(19)21)10-12-26(13-11-24)23(28)18-9-14-29-17-18/h5-9,14,17,19H,3-4,10-13,15-16H2,1-2H3/t19-/m1/s1. The summed E-state index contributed by atoms with van der Waals surface area (Å²) in [5.41, 5.74) is 1.39. The molecule has 0 saturated carbocycles. The van der Waals surface area contributed by atoms with Gasteiger partial charge in [0.1, 0.15) is 17.6 Å². The Hall–Kier alpha value is -2.76. The molecule has 6 heteroatoms. The number of hydrogen-bond donors (Lipinski definition) is 0. The van der Waals surface area contributed by atoms with Crippen LogP contribution >= 0.6 is 0 Å². The second-order valence-corrected chi connectivity index (χ2v) is 8.30. The largest absolute Gasteiger partial charge is 0.487 e. The van der Waals surface area contributed by atoms with Crippen molar-refractivity contribution < 1.29 is 18.7 Å². The minimum Gasteiger partial charge on any atom is -0.487 e. The Morgan fingerprint density at radius 3 is 2.53 bits per heavy atom. The van der Waals surface area contributed by atoms with Crippen LogP contribution < -0.4 is 4.74 Å². The summed E-state index contributed by atoms with van der Waals surface area (Å²) in [7, 11) is 0. The molecular weight excluding hydrogens is 380 g/mol. The smallest absolute Gasteiger partial charge is 0.257 e. The molecule has 0 radical (unpaired) electrons. The summed E-state index contributed by atoms with van der Waals surface area (Å²) in [6, 6.07) is 9.79. The molecule has 1 saturated heterocycles. The molecule has 0 aliphatic carbocycles. The summed E-state index contributed by atoms with van der Waals surface area (Å²) in [6.45, 7) is 6.79. The summed E-state index contributed by atoms with van der Waals surface area (Å²) in [5, 5.41) is 0. The van der Waals surface area contributed by atoms with E-state index in [2.05, 4.69) is 6.07 Å². The van der Waals surface area contributed by atoms with Crippen molar-refractivity contribution in [3.05, 3.63) is 54.0 Å². The SMILES string of the molecule is CCN(CC)C(=O)C[C@@H]1CC2(CCN(C(=O)c3ccoc3)CC2)Oc2ccccc21. The third-order valence-electron chi connectivity index (χ3n) is 6.57. The van der Waals surface area contributed by atoms with Gasteiger partial charge in [0.15, 0.2) is 0 Å². The highest BCUT2D eigenvalue weighted by atomic mass is 16.5. The third-order valence-corrected chi connectivity index (χ3v) is 6.57. The van der Waals surface area contributed by atoms with E-state index < -0.39 is 0 Å². The summed E-state index contributed by atoms with van der Waals surface area (Å²) in [5.74, 6) is 1.22.